The maximum absolute atomic E-state index is 14.1. The van der Waals surface area contributed by atoms with Crippen LogP contribution in [0.3, 0.4) is 0 Å². The number of carbonyl (C=O) groups excluding carboxylic acids is 2. The second kappa shape index (κ2) is 8.48. The van der Waals surface area contributed by atoms with E-state index in [9.17, 15) is 19.1 Å². The highest BCUT2D eigenvalue weighted by Gasteiger charge is 2.47. The number of aliphatic hydroxyl groups excluding tert-OH is 1. The molecule has 0 spiro atoms. The van der Waals surface area contributed by atoms with Crippen LogP contribution in [0, 0.1) is 5.82 Å². The number of Topliss-reactive ketones (excluding diaryl/α,β-unsaturated/α-hetero) is 1. The van der Waals surface area contributed by atoms with Gasteiger partial charge in [0.2, 0.25) is 0 Å². The third kappa shape index (κ3) is 4.02. The molecule has 2 heterocycles. The molecule has 1 fully saturated rings. The lowest BCUT2D eigenvalue weighted by atomic mass is 9.99. The van der Waals surface area contributed by atoms with Crippen molar-refractivity contribution in [1.82, 2.24) is 9.80 Å². The maximum Gasteiger partial charge on any atom is 0.295 e. The van der Waals surface area contributed by atoms with E-state index in [-0.39, 0.29) is 16.9 Å². The molecular weight excluding hydrogens is 379 g/mol. The molecule has 3 rings (SSSR count). The van der Waals surface area contributed by atoms with Crippen molar-refractivity contribution in [2.75, 3.05) is 34.3 Å². The number of rotatable bonds is 7. The SMILES string of the molecule is COc1ccc(/C(O)=C2\C(=O)C(=O)N(CCCN(C)C)[C@H]2c2ccco2)cc1F. The second-order valence-corrected chi connectivity index (χ2v) is 7.01. The van der Waals surface area contributed by atoms with Crippen molar-refractivity contribution >= 4 is 17.4 Å². The molecule has 1 N–H and O–H groups in total. The molecule has 1 saturated heterocycles. The monoisotopic (exact) mass is 402 g/mol. The number of benzene rings is 1. The molecule has 29 heavy (non-hydrogen) atoms. The Morgan fingerprint density at radius 2 is 2.07 bits per heavy atom. The summed E-state index contributed by atoms with van der Waals surface area (Å²) in [6.07, 6.45) is 2.07. The van der Waals surface area contributed by atoms with Gasteiger partial charge in [0, 0.05) is 12.1 Å². The van der Waals surface area contributed by atoms with Crippen molar-refractivity contribution in [3.8, 4) is 5.75 Å². The topological polar surface area (TPSA) is 83.2 Å². The first-order valence-electron chi connectivity index (χ1n) is 9.15. The molecule has 0 radical (unpaired) electrons. The van der Waals surface area contributed by atoms with E-state index >= 15 is 0 Å². The molecule has 0 bridgehead atoms. The molecule has 2 aromatic rings. The van der Waals surface area contributed by atoms with E-state index in [0.29, 0.717) is 18.7 Å². The van der Waals surface area contributed by atoms with Crippen LogP contribution >= 0.6 is 0 Å². The minimum absolute atomic E-state index is 0.00766. The van der Waals surface area contributed by atoms with Crippen LogP contribution in [0.15, 0.2) is 46.6 Å². The van der Waals surface area contributed by atoms with Crippen LogP contribution in [0.2, 0.25) is 0 Å². The second-order valence-electron chi connectivity index (χ2n) is 7.01. The first kappa shape index (κ1) is 20.6. The standard InChI is InChI=1S/C21H23FN2O5/c1-23(2)9-5-10-24-18(16-6-4-11-29-16)17(20(26)21(24)27)19(25)13-7-8-15(28-3)14(22)12-13/h4,6-8,11-12,18,25H,5,9-10H2,1-3H3/b19-17+/t18-/m0/s1. The molecule has 1 amide bonds. The maximum atomic E-state index is 14.1. The van der Waals surface area contributed by atoms with Crippen molar-refractivity contribution in [3.05, 3.63) is 59.3 Å². The fraction of sp³-hybridized carbons (Fsp3) is 0.333. The highest BCUT2D eigenvalue weighted by atomic mass is 19.1. The van der Waals surface area contributed by atoms with E-state index in [1.807, 2.05) is 19.0 Å². The number of furan rings is 1. The predicted octanol–water partition coefficient (Wildman–Crippen LogP) is 2.80. The Morgan fingerprint density at radius 1 is 1.31 bits per heavy atom. The summed E-state index contributed by atoms with van der Waals surface area (Å²) in [7, 11) is 5.15. The summed E-state index contributed by atoms with van der Waals surface area (Å²) in [5.41, 5.74) is -0.0504. The molecule has 1 atom stereocenters. The minimum Gasteiger partial charge on any atom is -0.507 e. The Kier molecular flexibility index (Phi) is 6.03. The van der Waals surface area contributed by atoms with Gasteiger partial charge in [0.05, 0.1) is 18.9 Å². The van der Waals surface area contributed by atoms with Crippen molar-refractivity contribution < 1.29 is 28.2 Å². The van der Waals surface area contributed by atoms with Gasteiger partial charge in [0.25, 0.3) is 11.7 Å². The molecule has 0 aliphatic carbocycles. The predicted molar refractivity (Wildman–Crippen MR) is 104 cm³/mol. The number of likely N-dealkylation sites (tertiary alicyclic amines) is 1. The average Bonchev–Trinajstić information content (AvgIpc) is 3.29. The number of ketones is 1. The highest BCUT2D eigenvalue weighted by Crippen LogP contribution is 2.40. The Hall–Kier alpha value is -3.13. The summed E-state index contributed by atoms with van der Waals surface area (Å²) in [6, 6.07) is 6.24. The lowest BCUT2D eigenvalue weighted by molar-refractivity contribution is -0.140. The summed E-state index contributed by atoms with van der Waals surface area (Å²) in [5, 5.41) is 10.8. The average molecular weight is 402 g/mol. The van der Waals surface area contributed by atoms with Crippen LogP contribution in [0.1, 0.15) is 23.8 Å². The molecule has 8 heteroatoms. The molecule has 1 aliphatic rings. The fourth-order valence-electron chi connectivity index (χ4n) is 3.38. The summed E-state index contributed by atoms with van der Waals surface area (Å²) >= 11 is 0. The number of nitrogens with zero attached hydrogens (tertiary/aromatic N) is 2. The Balaban J connectivity index is 2.05. The van der Waals surface area contributed by atoms with Gasteiger partial charge in [-0.15, -0.1) is 0 Å². The number of methoxy groups -OCH3 is 1. The summed E-state index contributed by atoms with van der Waals surface area (Å²) in [6.45, 7) is 1.03. The molecule has 0 unspecified atom stereocenters. The van der Waals surface area contributed by atoms with E-state index in [1.54, 1.807) is 12.1 Å². The van der Waals surface area contributed by atoms with Crippen molar-refractivity contribution in [3.63, 3.8) is 0 Å². The van der Waals surface area contributed by atoms with Gasteiger partial charge in [-0.3, -0.25) is 9.59 Å². The van der Waals surface area contributed by atoms with Gasteiger partial charge in [-0.05, 0) is 57.4 Å². The Labute approximate surface area is 168 Å². The van der Waals surface area contributed by atoms with E-state index in [2.05, 4.69) is 0 Å². The van der Waals surface area contributed by atoms with Crippen LogP contribution < -0.4 is 4.74 Å². The van der Waals surface area contributed by atoms with Gasteiger partial charge in [0.15, 0.2) is 11.6 Å². The zero-order valence-corrected chi connectivity index (χ0v) is 16.5. The minimum atomic E-state index is -0.877. The lowest BCUT2D eigenvalue weighted by Crippen LogP contribution is -2.32. The molecule has 1 aromatic carbocycles. The molecule has 0 saturated carbocycles. The summed E-state index contributed by atoms with van der Waals surface area (Å²) < 4.78 is 24.5. The van der Waals surface area contributed by atoms with Crippen LogP contribution in [0.25, 0.3) is 5.76 Å². The smallest absolute Gasteiger partial charge is 0.295 e. The molecule has 154 valence electrons. The number of hydrogen-bond acceptors (Lipinski definition) is 6. The van der Waals surface area contributed by atoms with Gasteiger partial charge >= 0.3 is 0 Å². The van der Waals surface area contributed by atoms with Gasteiger partial charge in [-0.2, -0.15) is 0 Å². The van der Waals surface area contributed by atoms with Crippen LogP contribution in [-0.4, -0.2) is 60.9 Å². The first-order valence-corrected chi connectivity index (χ1v) is 9.15. The number of aliphatic hydroxyl groups is 1. The quantitative estimate of drug-likeness (QED) is 0.436. The number of ether oxygens (including phenoxy) is 1. The zero-order valence-electron chi connectivity index (χ0n) is 16.5. The van der Waals surface area contributed by atoms with Crippen LogP contribution in [0.4, 0.5) is 4.39 Å². The number of hydrogen-bond donors (Lipinski definition) is 1. The van der Waals surface area contributed by atoms with Gasteiger partial charge in [-0.1, -0.05) is 0 Å². The molecule has 1 aromatic heterocycles. The van der Waals surface area contributed by atoms with E-state index in [1.165, 1.54) is 30.4 Å². The van der Waals surface area contributed by atoms with Crippen molar-refractivity contribution in [1.29, 1.82) is 0 Å². The number of carbonyl (C=O) groups is 2. The fourth-order valence-corrected chi connectivity index (χ4v) is 3.38. The van der Waals surface area contributed by atoms with Gasteiger partial charge < -0.3 is 24.1 Å². The molecule has 1 aliphatic heterocycles. The van der Waals surface area contributed by atoms with Crippen molar-refractivity contribution in [2.24, 2.45) is 0 Å². The number of halogens is 1. The van der Waals surface area contributed by atoms with Crippen molar-refractivity contribution in [2.45, 2.75) is 12.5 Å². The zero-order chi connectivity index (χ0) is 21.1. The molecule has 7 nitrogen and oxygen atoms in total. The summed E-state index contributed by atoms with van der Waals surface area (Å²) in [4.78, 5) is 28.8. The third-order valence-corrected chi connectivity index (χ3v) is 4.78. The lowest BCUT2D eigenvalue weighted by Gasteiger charge is -2.24. The van der Waals surface area contributed by atoms with Crippen LogP contribution in [-0.2, 0) is 9.59 Å². The third-order valence-electron chi connectivity index (χ3n) is 4.78. The van der Waals surface area contributed by atoms with E-state index < -0.39 is 29.3 Å². The Bertz CT molecular complexity index is 937. The van der Waals surface area contributed by atoms with Gasteiger partial charge in [-0.25, -0.2) is 4.39 Å². The largest absolute Gasteiger partial charge is 0.507 e. The first-order chi connectivity index (χ1) is 13.8. The Morgan fingerprint density at radius 3 is 2.66 bits per heavy atom. The van der Waals surface area contributed by atoms with E-state index in [4.69, 9.17) is 9.15 Å². The normalized spacial score (nSPS) is 18.7. The molecular formula is C21H23FN2O5. The van der Waals surface area contributed by atoms with E-state index in [0.717, 1.165) is 12.6 Å². The highest BCUT2D eigenvalue weighted by molar-refractivity contribution is 6.46. The summed E-state index contributed by atoms with van der Waals surface area (Å²) in [5.74, 6) is -2.34. The number of amides is 1. The van der Waals surface area contributed by atoms with Crippen LogP contribution in [0.5, 0.6) is 5.75 Å². The van der Waals surface area contributed by atoms with Gasteiger partial charge in [0.1, 0.15) is 17.6 Å².